The van der Waals surface area contributed by atoms with Gasteiger partial charge in [-0.05, 0) is 12.1 Å². The van der Waals surface area contributed by atoms with Crippen molar-refractivity contribution in [3.05, 3.63) is 58.9 Å². The zero-order chi connectivity index (χ0) is 26.3. The van der Waals surface area contributed by atoms with Crippen molar-refractivity contribution in [1.29, 1.82) is 0 Å². The minimum absolute atomic E-state index is 0.148. The van der Waals surface area contributed by atoms with E-state index in [-0.39, 0.29) is 28.8 Å². The number of β-lactam (4-membered cyclic amide) rings is 1. The van der Waals surface area contributed by atoms with E-state index in [1.807, 2.05) is 35.0 Å². The lowest BCUT2D eigenvalue weighted by atomic mass is 10.0. The second kappa shape index (κ2) is 9.71. The Morgan fingerprint density at radius 2 is 2.14 bits per heavy atom. The molecule has 1 fully saturated rings. The van der Waals surface area contributed by atoms with Gasteiger partial charge in [-0.1, -0.05) is 11.2 Å². The summed E-state index contributed by atoms with van der Waals surface area (Å²) in [6, 6.07) is 8.25. The van der Waals surface area contributed by atoms with E-state index in [1.165, 1.54) is 18.9 Å². The van der Waals surface area contributed by atoms with Crippen LogP contribution in [-0.4, -0.2) is 57.7 Å². The van der Waals surface area contributed by atoms with Crippen molar-refractivity contribution < 1.29 is 28.9 Å². The van der Waals surface area contributed by atoms with E-state index < -0.39 is 29.2 Å². The molecule has 2 aliphatic rings. The number of thioether (sulfide) groups is 1. The van der Waals surface area contributed by atoms with Gasteiger partial charge in [0.1, 0.15) is 24.2 Å². The molecule has 1 saturated heterocycles. The van der Waals surface area contributed by atoms with E-state index >= 15 is 0 Å². The Morgan fingerprint density at radius 3 is 2.84 bits per heavy atom. The van der Waals surface area contributed by atoms with Crippen molar-refractivity contribution in [2.75, 3.05) is 24.3 Å². The van der Waals surface area contributed by atoms with Crippen LogP contribution in [0.5, 0.6) is 0 Å². The van der Waals surface area contributed by atoms with Crippen molar-refractivity contribution in [3.8, 4) is 0 Å². The number of fused-ring (bicyclic) bond motifs is 2. The molecule has 2 atom stereocenters. The fourth-order valence-corrected chi connectivity index (χ4v) is 6.25. The van der Waals surface area contributed by atoms with Crippen molar-refractivity contribution >= 4 is 68.3 Å². The number of hydrogen-bond donors (Lipinski definition) is 3. The fourth-order valence-electron chi connectivity index (χ4n) is 4.36. The van der Waals surface area contributed by atoms with E-state index in [1.54, 1.807) is 11.4 Å². The number of carbonyl (C=O) groups excluding carboxylic acids is 3. The van der Waals surface area contributed by atoms with Gasteiger partial charge >= 0.3 is 0 Å². The average Bonchev–Trinajstić information content (AvgIpc) is 3.31. The molecule has 4 heterocycles. The van der Waals surface area contributed by atoms with Crippen LogP contribution in [0.3, 0.4) is 0 Å². The van der Waals surface area contributed by atoms with Crippen LogP contribution < -0.4 is 26.5 Å². The first-order valence-corrected chi connectivity index (χ1v) is 12.9. The summed E-state index contributed by atoms with van der Waals surface area (Å²) in [4.78, 5) is 48.1. The first kappa shape index (κ1) is 24.5. The van der Waals surface area contributed by atoms with E-state index in [0.29, 0.717) is 17.0 Å². The maximum absolute atomic E-state index is 13.1. The number of pyridine rings is 1. The molecule has 190 valence electrons. The highest BCUT2D eigenvalue weighted by atomic mass is 32.2. The molecule has 2 amide bonds. The van der Waals surface area contributed by atoms with Gasteiger partial charge in [0.15, 0.2) is 23.6 Å². The van der Waals surface area contributed by atoms with E-state index in [2.05, 4.69) is 15.5 Å². The van der Waals surface area contributed by atoms with Crippen molar-refractivity contribution in [2.45, 2.75) is 18.0 Å². The number of carbonyl (C=O) groups is 3. The Morgan fingerprint density at radius 1 is 1.32 bits per heavy atom. The Hall–Kier alpha value is -4.17. The minimum atomic E-state index is -1.46. The quantitative estimate of drug-likeness (QED) is 0.114. The summed E-state index contributed by atoms with van der Waals surface area (Å²) in [5, 5.41) is 20.5. The van der Waals surface area contributed by atoms with Gasteiger partial charge in [0.25, 0.3) is 11.8 Å². The number of oxime groups is 1. The summed E-state index contributed by atoms with van der Waals surface area (Å²) < 4.78 is 1.88. The molecule has 12 nitrogen and oxygen atoms in total. The topological polar surface area (TPSA) is 180 Å². The molecule has 0 radical (unpaired) electrons. The molecule has 3 aromatic rings. The van der Waals surface area contributed by atoms with Gasteiger partial charge in [-0.2, -0.15) is 4.57 Å². The Kier molecular flexibility index (Phi) is 6.43. The van der Waals surface area contributed by atoms with Crippen LogP contribution in [0, 0.1) is 0 Å². The van der Waals surface area contributed by atoms with Crippen molar-refractivity contribution in [3.63, 3.8) is 0 Å². The normalized spacial score (nSPS) is 19.4. The number of rotatable bonds is 7. The predicted octanol–water partition coefficient (Wildman–Crippen LogP) is -0.797. The number of nitrogens with zero attached hydrogens (tertiary/aromatic N) is 4. The maximum Gasteiger partial charge on any atom is 0.276 e. The fraction of sp³-hybridized carbons (Fsp3) is 0.217. The van der Waals surface area contributed by atoms with Crippen molar-refractivity contribution in [2.24, 2.45) is 5.16 Å². The SMILES string of the molecule is CO/N=C(\C(=O)N[C@@H]1C(=O)N2C(C(=O)[O-])=C(C[n+]3cccc4c(N)cccc43)CS[C@H]12)c1csc(N)n1. The molecule has 14 heteroatoms. The summed E-state index contributed by atoms with van der Waals surface area (Å²) in [5.74, 6) is -2.40. The lowest BCUT2D eigenvalue weighted by Gasteiger charge is -2.50. The smallest absolute Gasteiger partial charge is 0.276 e. The molecular formula is C23H21N7O5S2. The molecule has 0 bridgehead atoms. The number of nitrogen functional groups attached to an aromatic ring is 2. The highest BCUT2D eigenvalue weighted by Crippen LogP contribution is 2.40. The average molecular weight is 540 g/mol. The van der Waals surface area contributed by atoms with Gasteiger partial charge < -0.3 is 31.5 Å². The highest BCUT2D eigenvalue weighted by molar-refractivity contribution is 8.00. The summed E-state index contributed by atoms with van der Waals surface area (Å²) >= 11 is 2.47. The number of nitrogens with one attached hydrogen (secondary N) is 1. The number of aromatic nitrogens is 2. The van der Waals surface area contributed by atoms with Gasteiger partial charge in [-0.25, -0.2) is 4.98 Å². The van der Waals surface area contributed by atoms with Gasteiger partial charge in [0.05, 0.1) is 17.1 Å². The van der Waals surface area contributed by atoms with Crippen LogP contribution in [0.15, 0.2) is 58.3 Å². The molecule has 2 aliphatic heterocycles. The van der Waals surface area contributed by atoms with E-state index in [4.69, 9.17) is 16.3 Å². The zero-order valence-electron chi connectivity index (χ0n) is 19.4. The molecule has 37 heavy (non-hydrogen) atoms. The number of thiazole rings is 1. The predicted molar refractivity (Wildman–Crippen MR) is 136 cm³/mol. The second-order valence-corrected chi connectivity index (χ2v) is 10.2. The number of nitrogens with two attached hydrogens (primary N) is 2. The number of carboxylic acid groups (broad SMARTS) is 1. The molecule has 5 N–H and O–H groups in total. The summed E-state index contributed by atoms with van der Waals surface area (Å²) in [7, 11) is 1.27. The standard InChI is InChI=1S/C23H21N7O5S2/c1-35-28-16(14-10-37-23(25)26-14)19(31)27-17-20(32)30-18(22(33)34)11(9-36-21(17)30)8-29-7-3-4-12-13(24)5-2-6-15(12)29/h2-7,10,17,21,24H,8-9H2,1H3,(H4,25,26,27,31,33,34)/b28-16-/t17-,21-/m1/s1. The summed E-state index contributed by atoms with van der Waals surface area (Å²) in [5.41, 5.74) is 13.5. The third-order valence-electron chi connectivity index (χ3n) is 6.01. The first-order valence-electron chi connectivity index (χ1n) is 11.0. The van der Waals surface area contributed by atoms with Crippen LogP contribution >= 0.6 is 23.1 Å². The number of aliphatic carboxylic acids is 1. The highest BCUT2D eigenvalue weighted by Gasteiger charge is 2.53. The van der Waals surface area contributed by atoms with Crippen LogP contribution in [0.25, 0.3) is 10.9 Å². The Bertz CT molecular complexity index is 1500. The third kappa shape index (κ3) is 4.34. The molecule has 0 aliphatic carbocycles. The number of benzene rings is 1. The summed E-state index contributed by atoms with van der Waals surface area (Å²) in [6.45, 7) is 0.223. The third-order valence-corrected chi connectivity index (χ3v) is 8.02. The molecule has 5 rings (SSSR count). The van der Waals surface area contributed by atoms with Crippen LogP contribution in [0.4, 0.5) is 10.8 Å². The van der Waals surface area contributed by atoms with Crippen LogP contribution in [0.2, 0.25) is 0 Å². The minimum Gasteiger partial charge on any atom is -0.543 e. The van der Waals surface area contributed by atoms with E-state index in [9.17, 15) is 19.5 Å². The Balaban J connectivity index is 1.39. The maximum atomic E-state index is 13.1. The second-order valence-electron chi connectivity index (χ2n) is 8.21. The van der Waals surface area contributed by atoms with Gasteiger partial charge in [-0.3, -0.25) is 14.5 Å². The lowest BCUT2D eigenvalue weighted by molar-refractivity contribution is -0.663. The van der Waals surface area contributed by atoms with Crippen LogP contribution in [-0.2, 0) is 25.8 Å². The largest absolute Gasteiger partial charge is 0.543 e. The molecule has 0 unspecified atom stereocenters. The van der Waals surface area contributed by atoms with Crippen molar-refractivity contribution in [1.82, 2.24) is 15.2 Å². The number of amides is 2. The molecule has 0 spiro atoms. The summed E-state index contributed by atoms with van der Waals surface area (Å²) in [6.07, 6.45) is 1.82. The Labute approximate surface area is 218 Å². The molecular weight excluding hydrogens is 518 g/mol. The van der Waals surface area contributed by atoms with Gasteiger partial charge in [0.2, 0.25) is 5.52 Å². The molecule has 0 saturated carbocycles. The monoisotopic (exact) mass is 539 g/mol. The molecule has 1 aromatic carbocycles. The first-order chi connectivity index (χ1) is 17.8. The zero-order valence-corrected chi connectivity index (χ0v) is 21.0. The number of anilines is 2. The lowest BCUT2D eigenvalue weighted by Crippen LogP contribution is -2.71. The van der Waals surface area contributed by atoms with E-state index in [0.717, 1.165) is 27.1 Å². The van der Waals surface area contributed by atoms with Gasteiger partial charge in [0, 0.05) is 34.5 Å². The van der Waals surface area contributed by atoms with Gasteiger partial charge in [-0.15, -0.1) is 23.1 Å². The molecule has 2 aromatic heterocycles. The number of carboxylic acids is 1. The number of hydrogen-bond acceptors (Lipinski definition) is 11. The van der Waals surface area contributed by atoms with Crippen LogP contribution in [0.1, 0.15) is 5.69 Å².